The molecule has 124 valence electrons. The molecule has 1 aliphatic rings. The minimum Gasteiger partial charge on any atom is -0.492 e. The highest BCUT2D eigenvalue weighted by Gasteiger charge is 2.20. The molecule has 1 fully saturated rings. The van der Waals surface area contributed by atoms with Crippen LogP contribution in [0, 0.1) is 12.8 Å². The monoisotopic (exact) mass is 417 g/mol. The van der Waals surface area contributed by atoms with E-state index in [1.165, 1.54) is 24.8 Å². The molecule has 0 spiro atoms. The lowest BCUT2D eigenvalue weighted by Crippen LogP contribution is -2.41. The van der Waals surface area contributed by atoms with E-state index in [0.717, 1.165) is 30.7 Å². The van der Waals surface area contributed by atoms with Gasteiger partial charge in [-0.1, -0.05) is 30.5 Å². The second-order valence-corrected chi connectivity index (χ2v) is 5.79. The van der Waals surface area contributed by atoms with Gasteiger partial charge < -0.3 is 15.0 Å². The third kappa shape index (κ3) is 6.85. The maximum absolute atomic E-state index is 5.75. The first kappa shape index (κ1) is 19.1. The fourth-order valence-corrected chi connectivity index (χ4v) is 2.22. The lowest BCUT2D eigenvalue weighted by molar-refractivity contribution is 0.281. The Morgan fingerprint density at radius 2 is 2.00 bits per heavy atom. The standard InChI is InChI=1S/C17H27N3O.HI/c1-14-4-8-16(9-5-14)21-13-12-20(3)17(18-2)19-11-10-15-6-7-15;/h4-5,8-9,15H,6-7,10-13H2,1-3H3,(H,18,19);1H. The molecule has 0 radical (unpaired) electrons. The summed E-state index contributed by atoms with van der Waals surface area (Å²) in [6.45, 7) is 4.56. The zero-order valence-electron chi connectivity index (χ0n) is 13.8. The van der Waals surface area contributed by atoms with E-state index in [9.17, 15) is 0 Å². The topological polar surface area (TPSA) is 36.9 Å². The molecule has 5 heteroatoms. The second kappa shape index (κ2) is 9.92. The van der Waals surface area contributed by atoms with Crippen LogP contribution in [0.4, 0.5) is 0 Å². The Morgan fingerprint density at radius 1 is 1.32 bits per heavy atom. The van der Waals surface area contributed by atoms with Gasteiger partial charge in [-0.25, -0.2) is 0 Å². The van der Waals surface area contributed by atoms with Crippen molar-refractivity contribution in [1.29, 1.82) is 0 Å². The first-order chi connectivity index (χ1) is 10.2. The fraction of sp³-hybridized carbons (Fsp3) is 0.588. The van der Waals surface area contributed by atoms with Crippen LogP contribution in [0.3, 0.4) is 0 Å². The summed E-state index contributed by atoms with van der Waals surface area (Å²) in [4.78, 5) is 6.43. The van der Waals surface area contributed by atoms with E-state index < -0.39 is 0 Å². The number of aryl methyl sites for hydroxylation is 1. The first-order valence-electron chi connectivity index (χ1n) is 7.80. The summed E-state index contributed by atoms with van der Waals surface area (Å²) in [7, 11) is 3.88. The van der Waals surface area contributed by atoms with Gasteiger partial charge in [-0.15, -0.1) is 24.0 Å². The van der Waals surface area contributed by atoms with Crippen LogP contribution >= 0.6 is 24.0 Å². The Labute approximate surface area is 151 Å². The molecule has 0 amide bonds. The molecule has 1 aromatic carbocycles. The van der Waals surface area contributed by atoms with Gasteiger partial charge in [0.05, 0.1) is 6.54 Å². The minimum absolute atomic E-state index is 0. The predicted octanol–water partition coefficient (Wildman–Crippen LogP) is 3.30. The molecule has 4 nitrogen and oxygen atoms in total. The van der Waals surface area contributed by atoms with E-state index in [2.05, 4.69) is 34.3 Å². The van der Waals surface area contributed by atoms with Crippen molar-refractivity contribution < 1.29 is 4.74 Å². The molecule has 1 N–H and O–H groups in total. The third-order valence-electron chi connectivity index (χ3n) is 3.82. The van der Waals surface area contributed by atoms with E-state index in [1.54, 1.807) is 0 Å². The van der Waals surface area contributed by atoms with Crippen molar-refractivity contribution in [1.82, 2.24) is 10.2 Å². The van der Waals surface area contributed by atoms with Crippen LogP contribution in [0.15, 0.2) is 29.3 Å². The van der Waals surface area contributed by atoms with Gasteiger partial charge in [-0.05, 0) is 31.4 Å². The molecular formula is C17H28IN3O. The summed E-state index contributed by atoms with van der Waals surface area (Å²) in [5, 5.41) is 3.42. The highest BCUT2D eigenvalue weighted by Crippen LogP contribution is 2.31. The van der Waals surface area contributed by atoms with Crippen molar-refractivity contribution in [3.8, 4) is 5.75 Å². The van der Waals surface area contributed by atoms with Crippen molar-refractivity contribution in [2.24, 2.45) is 10.9 Å². The van der Waals surface area contributed by atoms with E-state index in [0.29, 0.717) is 6.61 Å². The molecule has 0 aliphatic heterocycles. The number of nitrogens with zero attached hydrogens (tertiary/aromatic N) is 2. The predicted molar refractivity (Wildman–Crippen MR) is 103 cm³/mol. The van der Waals surface area contributed by atoms with Gasteiger partial charge in [-0.2, -0.15) is 0 Å². The molecule has 1 aliphatic carbocycles. The van der Waals surface area contributed by atoms with Crippen LogP contribution < -0.4 is 10.1 Å². The zero-order valence-corrected chi connectivity index (χ0v) is 16.2. The Balaban J connectivity index is 0.00000242. The molecule has 2 rings (SSSR count). The summed E-state index contributed by atoms with van der Waals surface area (Å²) in [6.07, 6.45) is 4.06. The van der Waals surface area contributed by atoms with Crippen molar-refractivity contribution in [3.05, 3.63) is 29.8 Å². The van der Waals surface area contributed by atoms with Crippen LogP contribution in [-0.4, -0.2) is 44.7 Å². The van der Waals surface area contributed by atoms with Crippen molar-refractivity contribution >= 4 is 29.9 Å². The second-order valence-electron chi connectivity index (χ2n) is 5.79. The van der Waals surface area contributed by atoms with Crippen LogP contribution in [0.1, 0.15) is 24.8 Å². The summed E-state index contributed by atoms with van der Waals surface area (Å²) in [6, 6.07) is 8.16. The number of nitrogens with one attached hydrogen (secondary N) is 1. The number of rotatable bonds is 7. The smallest absolute Gasteiger partial charge is 0.193 e. The van der Waals surface area contributed by atoms with Crippen molar-refractivity contribution in [2.45, 2.75) is 26.2 Å². The molecule has 0 saturated heterocycles. The van der Waals surface area contributed by atoms with Gasteiger partial charge in [0.25, 0.3) is 0 Å². The highest BCUT2D eigenvalue weighted by atomic mass is 127. The van der Waals surface area contributed by atoms with Gasteiger partial charge in [-0.3, -0.25) is 4.99 Å². The SMILES string of the molecule is CN=C(NCCC1CC1)N(C)CCOc1ccc(C)cc1.I. The molecule has 0 unspecified atom stereocenters. The molecule has 0 aromatic heterocycles. The molecule has 0 heterocycles. The molecule has 0 bridgehead atoms. The Bertz CT molecular complexity index is 457. The van der Waals surface area contributed by atoms with Gasteiger partial charge >= 0.3 is 0 Å². The van der Waals surface area contributed by atoms with Crippen molar-refractivity contribution in [2.75, 3.05) is 33.8 Å². The van der Waals surface area contributed by atoms with Crippen molar-refractivity contribution in [3.63, 3.8) is 0 Å². The van der Waals surface area contributed by atoms with E-state index in [1.807, 2.05) is 26.2 Å². The molecule has 0 atom stereocenters. The number of likely N-dealkylation sites (N-methyl/N-ethyl adjacent to an activating group) is 1. The van der Waals surface area contributed by atoms with Crippen LogP contribution in [0.5, 0.6) is 5.75 Å². The van der Waals surface area contributed by atoms with Crippen LogP contribution in [0.2, 0.25) is 0 Å². The van der Waals surface area contributed by atoms with Gasteiger partial charge in [0.2, 0.25) is 0 Å². The number of hydrogen-bond acceptors (Lipinski definition) is 2. The normalized spacial score (nSPS) is 14.2. The summed E-state index contributed by atoms with van der Waals surface area (Å²) >= 11 is 0. The third-order valence-corrected chi connectivity index (χ3v) is 3.82. The molecule has 1 saturated carbocycles. The number of halogens is 1. The van der Waals surface area contributed by atoms with Gasteiger partial charge in [0, 0.05) is 20.6 Å². The van der Waals surface area contributed by atoms with Gasteiger partial charge in [0.1, 0.15) is 12.4 Å². The summed E-state index contributed by atoms with van der Waals surface area (Å²) in [5.74, 6) is 2.82. The number of guanidine groups is 1. The van der Waals surface area contributed by atoms with Crippen LogP contribution in [-0.2, 0) is 0 Å². The molecular weight excluding hydrogens is 389 g/mol. The average molecular weight is 417 g/mol. The quantitative estimate of drug-likeness (QED) is 0.420. The Morgan fingerprint density at radius 3 is 2.59 bits per heavy atom. The Hall–Kier alpha value is -0.980. The molecule has 22 heavy (non-hydrogen) atoms. The minimum atomic E-state index is 0. The highest BCUT2D eigenvalue weighted by molar-refractivity contribution is 14.0. The van der Waals surface area contributed by atoms with E-state index in [4.69, 9.17) is 4.74 Å². The zero-order chi connectivity index (χ0) is 15.1. The lowest BCUT2D eigenvalue weighted by atomic mass is 10.2. The lowest BCUT2D eigenvalue weighted by Gasteiger charge is -2.22. The van der Waals surface area contributed by atoms with E-state index >= 15 is 0 Å². The van der Waals surface area contributed by atoms with Crippen LogP contribution in [0.25, 0.3) is 0 Å². The largest absolute Gasteiger partial charge is 0.492 e. The maximum atomic E-state index is 5.75. The Kier molecular flexibility index (Phi) is 8.60. The number of benzene rings is 1. The average Bonchev–Trinajstić information content (AvgIpc) is 3.30. The van der Waals surface area contributed by atoms with E-state index in [-0.39, 0.29) is 24.0 Å². The number of aliphatic imine (C=N–C) groups is 1. The summed E-state index contributed by atoms with van der Waals surface area (Å²) < 4.78 is 5.75. The molecule has 1 aromatic rings. The van der Waals surface area contributed by atoms with Gasteiger partial charge in [0.15, 0.2) is 5.96 Å². The fourth-order valence-electron chi connectivity index (χ4n) is 2.22. The number of hydrogen-bond donors (Lipinski definition) is 1. The summed E-state index contributed by atoms with van der Waals surface area (Å²) in [5.41, 5.74) is 1.25. The maximum Gasteiger partial charge on any atom is 0.193 e. The number of ether oxygens (including phenoxy) is 1. The first-order valence-corrected chi connectivity index (χ1v) is 7.80.